The number of piperidine rings is 3. The molecule has 45 heavy (non-hydrogen) atoms. The van der Waals surface area contributed by atoms with E-state index in [9.17, 15) is 31.1 Å². The van der Waals surface area contributed by atoms with Gasteiger partial charge in [-0.1, -0.05) is 48.5 Å². The monoisotopic (exact) mass is 698 g/mol. The number of carbonyl (C=O) groups is 1. The fraction of sp³-hybridized carbons (Fsp3) is 0.606. The van der Waals surface area contributed by atoms with Gasteiger partial charge in [0.05, 0.1) is 47.4 Å². The van der Waals surface area contributed by atoms with E-state index < -0.39 is 35.0 Å². The fourth-order valence-corrected chi connectivity index (χ4v) is 8.33. The van der Waals surface area contributed by atoms with Crippen LogP contribution in [-0.2, 0) is 12.4 Å². The Hall–Kier alpha value is -1.68. The lowest BCUT2D eigenvalue weighted by atomic mass is 9.59. The largest absolute Gasteiger partial charge is 1.00 e. The number of nitrogens with zero attached hydrogens (tertiary/aromatic N) is 2. The Labute approximate surface area is 277 Å². The smallest absolute Gasteiger partial charge is 0.416 e. The van der Waals surface area contributed by atoms with Crippen molar-refractivity contribution in [1.29, 1.82) is 0 Å². The molecule has 2 aromatic rings. The maximum absolute atomic E-state index is 13.5. The van der Waals surface area contributed by atoms with Crippen molar-refractivity contribution in [2.75, 3.05) is 39.8 Å². The summed E-state index contributed by atoms with van der Waals surface area (Å²) in [7, 11) is 1.41. The zero-order chi connectivity index (χ0) is 31.9. The third-order valence-electron chi connectivity index (χ3n) is 10.8. The first-order chi connectivity index (χ1) is 20.6. The number of halogens is 9. The van der Waals surface area contributed by atoms with E-state index in [1.54, 1.807) is 12.1 Å². The molecule has 3 heterocycles. The first-order valence-electron chi connectivity index (χ1n) is 15.5. The van der Waals surface area contributed by atoms with E-state index in [0.29, 0.717) is 34.0 Å². The second kappa shape index (κ2) is 13.8. The number of hydrogen-bond acceptors (Lipinski definition) is 1. The zero-order valence-corrected chi connectivity index (χ0v) is 27.5. The summed E-state index contributed by atoms with van der Waals surface area (Å²) in [5.41, 5.74) is -2.39. The van der Waals surface area contributed by atoms with Gasteiger partial charge in [0.1, 0.15) is 0 Å². The predicted octanol–water partition coefficient (Wildman–Crippen LogP) is 6.86. The summed E-state index contributed by atoms with van der Waals surface area (Å²) in [6, 6.07) is 6.23. The topological polar surface area (TPSA) is 20.3 Å². The van der Waals surface area contributed by atoms with E-state index in [4.69, 9.17) is 23.2 Å². The molecule has 0 N–H and O–H groups in total. The highest BCUT2D eigenvalue weighted by molar-refractivity contribution is 6.42. The summed E-state index contributed by atoms with van der Waals surface area (Å²) >= 11 is 12.5. The van der Waals surface area contributed by atoms with Gasteiger partial charge in [-0.2, -0.15) is 26.3 Å². The van der Waals surface area contributed by atoms with Crippen LogP contribution in [0.3, 0.4) is 0 Å². The Morgan fingerprint density at radius 1 is 0.889 bits per heavy atom. The molecule has 4 fully saturated rings. The van der Waals surface area contributed by atoms with Crippen molar-refractivity contribution < 1.29 is 48.0 Å². The number of fused-ring (bicyclic) bond motifs is 3. The quantitative estimate of drug-likeness (QED) is 0.218. The molecule has 1 amide bonds. The molecule has 1 saturated carbocycles. The van der Waals surface area contributed by atoms with Crippen LogP contribution in [-0.4, -0.2) is 55.1 Å². The second-order valence-corrected chi connectivity index (χ2v) is 14.1. The number of alkyl halides is 6. The maximum atomic E-state index is 13.5. The van der Waals surface area contributed by atoms with Crippen molar-refractivity contribution in [3.8, 4) is 0 Å². The number of quaternary nitrogens is 1. The molecule has 3 nitrogen and oxygen atoms in total. The van der Waals surface area contributed by atoms with E-state index in [1.165, 1.54) is 63.3 Å². The standard InChI is InChI=1S/C33H39Cl2F6N2O.ClH/c1-42(30(44)24-17-26(32(36,37)38)20-27(18-24)33(39,40)41)21-23(22-7-8-28(34)29(35)19-22)9-13-43-14-10-31(11-15-43,12-16-43)25-5-3-2-4-6-25;/h7-8,17-20,23,25H,2-6,9-16,21H2,1H3;1H/q+1;/p-1. The van der Waals surface area contributed by atoms with Gasteiger partial charge in [0.2, 0.25) is 0 Å². The van der Waals surface area contributed by atoms with Gasteiger partial charge in [0.25, 0.3) is 5.91 Å². The minimum atomic E-state index is -5.04. The summed E-state index contributed by atoms with van der Waals surface area (Å²) in [6.45, 7) is 4.31. The van der Waals surface area contributed by atoms with Gasteiger partial charge in [-0.15, -0.1) is 0 Å². The fourth-order valence-electron chi connectivity index (χ4n) is 8.02. The van der Waals surface area contributed by atoms with Crippen LogP contribution in [0.2, 0.25) is 10.0 Å². The van der Waals surface area contributed by atoms with Crippen LogP contribution in [0, 0.1) is 11.3 Å². The van der Waals surface area contributed by atoms with Gasteiger partial charge < -0.3 is 21.8 Å². The normalized spacial score (nSPS) is 24.6. The lowest BCUT2D eigenvalue weighted by Gasteiger charge is -2.58. The molecule has 12 heteroatoms. The van der Waals surface area contributed by atoms with Crippen LogP contribution >= 0.6 is 23.2 Å². The number of carbonyl (C=O) groups excluding carboxylic acids is 1. The average Bonchev–Trinajstić information content (AvgIpc) is 3.00. The van der Waals surface area contributed by atoms with Gasteiger partial charge in [-0.05, 0) is 60.1 Å². The van der Waals surface area contributed by atoms with Gasteiger partial charge >= 0.3 is 12.4 Å². The number of likely N-dealkylation sites (N-methyl/N-ethyl adjacent to an activating group) is 1. The van der Waals surface area contributed by atoms with Gasteiger partial charge in [0, 0.05) is 50.8 Å². The lowest BCUT2D eigenvalue weighted by molar-refractivity contribution is -0.946. The number of amides is 1. The molecule has 4 aliphatic rings. The third-order valence-corrected chi connectivity index (χ3v) is 11.5. The Morgan fingerprint density at radius 3 is 1.96 bits per heavy atom. The SMILES string of the molecule is CN(CC(CC[N+]12CCC(C3CCCCC3)(CC1)CC2)c1ccc(Cl)c(Cl)c1)C(=O)c1cc(C(F)(F)F)cc(C(F)(F)F)c1.[Cl-]. The Bertz CT molecular complexity index is 1300. The number of hydrogen-bond donors (Lipinski definition) is 0. The maximum Gasteiger partial charge on any atom is 0.416 e. The molecule has 2 aromatic carbocycles. The molecule has 2 bridgehead atoms. The van der Waals surface area contributed by atoms with E-state index in [0.717, 1.165) is 42.1 Å². The summed E-state index contributed by atoms with van der Waals surface area (Å²) in [5, 5.41) is 0.714. The molecule has 3 saturated heterocycles. The lowest BCUT2D eigenvalue weighted by Crippen LogP contribution is -3.00. The Morgan fingerprint density at radius 2 is 1.44 bits per heavy atom. The van der Waals surface area contributed by atoms with Crippen molar-refractivity contribution >= 4 is 29.1 Å². The minimum absolute atomic E-state index is 0. The summed E-state index contributed by atoms with van der Waals surface area (Å²) in [5.74, 6) is -0.325. The van der Waals surface area contributed by atoms with Crippen LogP contribution in [0.15, 0.2) is 36.4 Å². The van der Waals surface area contributed by atoms with Crippen molar-refractivity contribution in [3.63, 3.8) is 0 Å². The molecule has 1 unspecified atom stereocenters. The minimum Gasteiger partial charge on any atom is -1.00 e. The van der Waals surface area contributed by atoms with Crippen molar-refractivity contribution in [3.05, 3.63) is 68.7 Å². The summed E-state index contributed by atoms with van der Waals surface area (Å²) in [4.78, 5) is 14.6. The average molecular weight is 700 g/mol. The molecule has 1 atom stereocenters. The highest BCUT2D eigenvalue weighted by Crippen LogP contribution is 2.53. The Kier molecular flexibility index (Phi) is 11.1. The number of benzene rings is 2. The first-order valence-corrected chi connectivity index (χ1v) is 16.2. The van der Waals surface area contributed by atoms with E-state index in [-0.39, 0.29) is 30.9 Å². The number of rotatable bonds is 8. The summed E-state index contributed by atoms with van der Waals surface area (Å²) in [6.07, 6.45) is 0.988. The van der Waals surface area contributed by atoms with Gasteiger partial charge in [-0.25, -0.2) is 0 Å². The molecule has 6 rings (SSSR count). The highest BCUT2D eigenvalue weighted by Gasteiger charge is 2.52. The van der Waals surface area contributed by atoms with E-state index >= 15 is 0 Å². The molecular formula is C33H39Cl3F6N2O. The molecular weight excluding hydrogens is 661 g/mol. The van der Waals surface area contributed by atoms with Crippen LogP contribution in [0.5, 0.6) is 0 Å². The first kappa shape index (κ1) is 36.2. The van der Waals surface area contributed by atoms with Gasteiger partial charge in [0.15, 0.2) is 0 Å². The van der Waals surface area contributed by atoms with Crippen LogP contribution in [0.4, 0.5) is 26.3 Å². The Balaban J connectivity index is 0.00000461. The highest BCUT2D eigenvalue weighted by atomic mass is 35.5. The van der Waals surface area contributed by atoms with Crippen molar-refractivity contribution in [2.24, 2.45) is 11.3 Å². The molecule has 0 spiro atoms. The molecule has 1 aliphatic carbocycles. The van der Waals surface area contributed by atoms with Crippen LogP contribution < -0.4 is 12.4 Å². The zero-order valence-electron chi connectivity index (χ0n) is 25.2. The molecule has 250 valence electrons. The van der Waals surface area contributed by atoms with E-state index in [1.807, 2.05) is 6.07 Å². The van der Waals surface area contributed by atoms with Crippen molar-refractivity contribution in [1.82, 2.24) is 4.90 Å². The molecule has 3 aliphatic heterocycles. The van der Waals surface area contributed by atoms with Crippen molar-refractivity contribution in [2.45, 2.75) is 76.1 Å². The predicted molar refractivity (Wildman–Crippen MR) is 160 cm³/mol. The van der Waals surface area contributed by atoms with E-state index in [2.05, 4.69) is 0 Å². The third kappa shape index (κ3) is 8.07. The van der Waals surface area contributed by atoms with Crippen LogP contribution in [0.25, 0.3) is 0 Å². The molecule has 0 radical (unpaired) electrons. The van der Waals surface area contributed by atoms with Gasteiger partial charge in [-0.3, -0.25) is 4.79 Å². The second-order valence-electron chi connectivity index (χ2n) is 13.3. The summed E-state index contributed by atoms with van der Waals surface area (Å²) < 4.78 is 81.8. The van der Waals surface area contributed by atoms with Crippen LogP contribution in [0.1, 0.15) is 90.8 Å². The molecule has 0 aromatic heterocycles.